The number of benzene rings is 8. The molecule has 2 nitrogen and oxygen atoms in total. The first-order valence-corrected chi connectivity index (χ1v) is 27.6. The summed E-state index contributed by atoms with van der Waals surface area (Å²) >= 11 is 4.22. The number of fused-ring (bicyclic) bond motifs is 4. The van der Waals surface area contributed by atoms with Crippen LogP contribution in [-0.2, 0) is 0 Å². The Balaban J connectivity index is 1.18. The first kappa shape index (κ1) is 50.0. The Morgan fingerprint density at radius 2 is 0.652 bits per heavy atom. The van der Waals surface area contributed by atoms with E-state index in [-0.39, 0.29) is 0 Å². The summed E-state index contributed by atoms with van der Waals surface area (Å²) in [4.78, 5) is 0. The Labute approximate surface area is 422 Å². The summed E-state index contributed by atoms with van der Waals surface area (Å²) in [7, 11) is 0. The van der Waals surface area contributed by atoms with Crippen LogP contribution in [0.3, 0.4) is 0 Å². The van der Waals surface area contributed by atoms with Crippen molar-refractivity contribution in [1.29, 1.82) is 0 Å². The van der Waals surface area contributed by atoms with Gasteiger partial charge in [0.2, 0.25) is 0 Å². The zero-order valence-corrected chi connectivity index (χ0v) is 43.3. The largest absolute Gasteiger partial charge is 0.494 e. The van der Waals surface area contributed by atoms with Gasteiger partial charge < -0.3 is 9.47 Å². The van der Waals surface area contributed by atoms with E-state index >= 15 is 0 Å². The van der Waals surface area contributed by atoms with Crippen molar-refractivity contribution in [1.82, 2.24) is 0 Å². The molecule has 8 rings (SSSR count). The van der Waals surface area contributed by atoms with Crippen molar-refractivity contribution in [3.63, 3.8) is 0 Å². The lowest BCUT2D eigenvalue weighted by molar-refractivity contribution is 0.304. The van der Waals surface area contributed by atoms with Gasteiger partial charge in [0.15, 0.2) is 0 Å². The average molecular weight is 980 g/mol. The van der Waals surface area contributed by atoms with Crippen LogP contribution in [0.4, 0.5) is 0 Å². The van der Waals surface area contributed by atoms with Crippen LogP contribution in [0, 0.1) is 0 Å². The maximum Gasteiger partial charge on any atom is 0.119 e. The Morgan fingerprint density at radius 1 is 0.333 bits per heavy atom. The second kappa shape index (κ2) is 26.6. The molecule has 0 heterocycles. The first-order valence-electron chi connectivity index (χ1n) is 26.9. The van der Waals surface area contributed by atoms with Crippen molar-refractivity contribution in [3.8, 4) is 11.5 Å². The van der Waals surface area contributed by atoms with Gasteiger partial charge in [-0.3, -0.25) is 0 Å². The third kappa shape index (κ3) is 13.5. The average Bonchev–Trinajstić information content (AvgIpc) is 3.39. The van der Waals surface area contributed by atoms with Crippen LogP contribution in [0.1, 0.15) is 159 Å². The molecule has 0 N–H and O–H groups in total. The molecule has 0 amide bonds. The summed E-state index contributed by atoms with van der Waals surface area (Å²) in [5.74, 6) is 1.85. The number of rotatable bonds is 27. The van der Waals surface area contributed by atoms with Crippen LogP contribution < -0.4 is 19.9 Å². The Hall–Kier alpha value is -5.38. The van der Waals surface area contributed by atoms with E-state index in [0.717, 1.165) is 58.7 Å². The van der Waals surface area contributed by atoms with E-state index < -0.39 is 0 Å². The SMILES string of the molecule is CCCCCCCCCCCCOc1ccc(C(c2ccc(OCCCCCCCCCCCC)cc2)=c2c3cc4ccccc4cc3c(=C(Br)c3ccccc3)c3cc4ccccc4cc23)cc1. The van der Waals surface area contributed by atoms with Crippen LogP contribution in [0.5, 0.6) is 11.5 Å². The lowest BCUT2D eigenvalue weighted by Gasteiger charge is -2.17. The standard InChI is InChI=1S/C66H75BrO2/c1-3-5-7-9-11-13-15-17-19-28-44-68-57-40-36-50(37-41-57)63(51-38-42-58(43-39-51)69-45-29-20-18-16-14-12-10-8-6-4-2)64-59-46-53-32-24-26-34-55(53)48-61(59)65(66(67)52-30-22-21-23-31-52)62-49-56-35-27-25-33-54(56)47-60(62)64/h21-27,30-43,46-49H,3-20,28-29,44-45H2,1-2H3. The van der Waals surface area contributed by atoms with Crippen molar-refractivity contribution >= 4 is 69.1 Å². The monoisotopic (exact) mass is 978 g/mol. The van der Waals surface area contributed by atoms with Crippen molar-refractivity contribution < 1.29 is 9.47 Å². The van der Waals surface area contributed by atoms with Gasteiger partial charge in [0.05, 0.1) is 13.2 Å². The number of halogens is 1. The molecule has 0 fully saturated rings. The summed E-state index contributed by atoms with van der Waals surface area (Å²) in [6.07, 6.45) is 26.3. The zero-order chi connectivity index (χ0) is 47.5. The van der Waals surface area contributed by atoms with Crippen molar-refractivity contribution in [2.24, 2.45) is 0 Å². The van der Waals surface area contributed by atoms with Crippen LogP contribution in [-0.4, -0.2) is 13.2 Å². The molecule has 0 saturated heterocycles. The van der Waals surface area contributed by atoms with Crippen molar-refractivity contribution in [2.45, 2.75) is 142 Å². The van der Waals surface area contributed by atoms with Gasteiger partial charge in [-0.25, -0.2) is 0 Å². The van der Waals surface area contributed by atoms with Crippen molar-refractivity contribution in [3.05, 3.63) is 179 Å². The summed E-state index contributed by atoms with van der Waals surface area (Å²) in [6, 6.07) is 55.8. The molecule has 0 saturated carbocycles. The molecule has 0 unspecified atom stereocenters. The van der Waals surface area contributed by atoms with E-state index in [4.69, 9.17) is 9.47 Å². The highest BCUT2D eigenvalue weighted by Gasteiger charge is 2.18. The predicted molar refractivity (Wildman–Crippen MR) is 303 cm³/mol. The van der Waals surface area contributed by atoms with E-state index in [1.165, 1.54) is 175 Å². The van der Waals surface area contributed by atoms with Crippen LogP contribution in [0.2, 0.25) is 0 Å². The summed E-state index contributed by atoms with van der Waals surface area (Å²) in [5, 5.41) is 12.2. The summed E-state index contributed by atoms with van der Waals surface area (Å²) in [6.45, 7) is 6.07. The topological polar surface area (TPSA) is 18.5 Å². The molecule has 0 aromatic heterocycles. The normalized spacial score (nSPS) is 11.5. The molecule has 0 aliphatic rings. The Morgan fingerprint density at radius 3 is 1.01 bits per heavy atom. The molecular weight excluding hydrogens is 905 g/mol. The van der Waals surface area contributed by atoms with Gasteiger partial charge in [0.1, 0.15) is 11.5 Å². The second-order valence-electron chi connectivity index (χ2n) is 19.4. The van der Waals surface area contributed by atoms with E-state index in [1.54, 1.807) is 0 Å². The zero-order valence-electron chi connectivity index (χ0n) is 41.7. The molecule has 0 aliphatic heterocycles. The fraction of sp³-hybridized carbons (Fsp3) is 0.364. The van der Waals surface area contributed by atoms with Gasteiger partial charge in [-0.1, -0.05) is 233 Å². The molecule has 0 bridgehead atoms. The van der Waals surface area contributed by atoms with Gasteiger partial charge >= 0.3 is 0 Å². The lowest BCUT2D eigenvalue weighted by Crippen LogP contribution is -2.20. The van der Waals surface area contributed by atoms with E-state index in [1.807, 2.05) is 0 Å². The maximum absolute atomic E-state index is 6.42. The van der Waals surface area contributed by atoms with Gasteiger partial charge in [0.25, 0.3) is 0 Å². The van der Waals surface area contributed by atoms with Crippen molar-refractivity contribution in [2.75, 3.05) is 13.2 Å². The van der Waals surface area contributed by atoms with Gasteiger partial charge in [0, 0.05) is 9.70 Å². The highest BCUT2D eigenvalue weighted by atomic mass is 79.9. The fourth-order valence-corrected chi connectivity index (χ4v) is 11.0. The van der Waals surface area contributed by atoms with Gasteiger partial charge in [-0.2, -0.15) is 0 Å². The Bertz CT molecular complexity index is 2800. The van der Waals surface area contributed by atoms with Gasteiger partial charge in [-0.05, 0) is 148 Å². The third-order valence-electron chi connectivity index (χ3n) is 14.2. The van der Waals surface area contributed by atoms with E-state index in [0.29, 0.717) is 0 Å². The number of unbranched alkanes of at least 4 members (excludes halogenated alkanes) is 18. The molecule has 0 atom stereocenters. The van der Waals surface area contributed by atoms with E-state index in [2.05, 4.69) is 181 Å². The molecule has 8 aromatic rings. The van der Waals surface area contributed by atoms with Gasteiger partial charge in [-0.15, -0.1) is 0 Å². The molecule has 69 heavy (non-hydrogen) atoms. The number of hydrogen-bond donors (Lipinski definition) is 0. The van der Waals surface area contributed by atoms with Crippen LogP contribution in [0.25, 0.3) is 53.1 Å². The highest BCUT2D eigenvalue weighted by molar-refractivity contribution is 9.15. The molecule has 0 aliphatic carbocycles. The van der Waals surface area contributed by atoms with Crippen LogP contribution in [0.15, 0.2) is 152 Å². The van der Waals surface area contributed by atoms with E-state index in [9.17, 15) is 0 Å². The summed E-state index contributed by atoms with van der Waals surface area (Å²) in [5.41, 5.74) is 4.66. The minimum absolute atomic E-state index is 0.747. The fourth-order valence-electron chi connectivity index (χ4n) is 10.3. The minimum atomic E-state index is 0.747. The summed E-state index contributed by atoms with van der Waals surface area (Å²) < 4.78 is 13.9. The molecule has 0 radical (unpaired) electrons. The minimum Gasteiger partial charge on any atom is -0.494 e. The first-order chi connectivity index (χ1) is 34.1. The highest BCUT2D eigenvalue weighted by Crippen LogP contribution is 2.32. The molecule has 358 valence electrons. The predicted octanol–water partition coefficient (Wildman–Crippen LogP) is 18.7. The number of hydrogen-bond acceptors (Lipinski definition) is 2. The molecular formula is C66H75BrO2. The maximum atomic E-state index is 6.42. The second-order valence-corrected chi connectivity index (χ2v) is 20.2. The Kier molecular flexibility index (Phi) is 19.3. The van der Waals surface area contributed by atoms with Crippen LogP contribution >= 0.6 is 15.9 Å². The molecule has 3 heteroatoms. The third-order valence-corrected chi connectivity index (χ3v) is 15.0. The molecule has 0 spiro atoms. The number of ether oxygens (including phenoxy) is 2. The lowest BCUT2D eigenvalue weighted by atomic mass is 9.87. The molecule has 8 aromatic carbocycles. The smallest absolute Gasteiger partial charge is 0.119 e. The quantitative estimate of drug-likeness (QED) is 0.0378.